The van der Waals surface area contributed by atoms with Crippen molar-refractivity contribution in [2.24, 2.45) is 0 Å². The van der Waals surface area contributed by atoms with E-state index in [0.29, 0.717) is 29.2 Å². The Morgan fingerprint density at radius 3 is 2.81 bits per heavy atom. The number of anilines is 1. The molecular weight excluding hydrogens is 360 g/mol. The number of rotatable bonds is 7. The first-order valence-electron chi connectivity index (χ1n) is 8.79. The molecule has 27 heavy (non-hydrogen) atoms. The predicted molar refractivity (Wildman–Crippen MR) is 112 cm³/mol. The van der Waals surface area contributed by atoms with Crippen LogP contribution in [0.3, 0.4) is 0 Å². The molecule has 5 nitrogen and oxygen atoms in total. The van der Waals surface area contributed by atoms with Crippen molar-refractivity contribution in [1.82, 2.24) is 4.98 Å². The van der Waals surface area contributed by atoms with Gasteiger partial charge in [-0.25, -0.2) is 0 Å². The molecule has 0 atom stereocenters. The molecule has 0 aliphatic carbocycles. The maximum absolute atomic E-state index is 12.3. The SMILES string of the molecule is CCOc1ccccc1NC(=O)CSCc1cc(=O)c2cc(C)ccc2[nH]1. The van der Waals surface area contributed by atoms with E-state index in [2.05, 4.69) is 10.3 Å². The van der Waals surface area contributed by atoms with E-state index >= 15 is 0 Å². The average Bonchev–Trinajstić information content (AvgIpc) is 2.64. The first kappa shape index (κ1) is 19.0. The van der Waals surface area contributed by atoms with Gasteiger partial charge in [-0.15, -0.1) is 11.8 Å². The van der Waals surface area contributed by atoms with Gasteiger partial charge in [0, 0.05) is 28.4 Å². The Morgan fingerprint density at radius 1 is 1.19 bits per heavy atom. The van der Waals surface area contributed by atoms with Crippen molar-refractivity contribution < 1.29 is 9.53 Å². The van der Waals surface area contributed by atoms with E-state index < -0.39 is 0 Å². The van der Waals surface area contributed by atoms with E-state index in [1.165, 1.54) is 11.8 Å². The van der Waals surface area contributed by atoms with Gasteiger partial charge < -0.3 is 15.0 Å². The van der Waals surface area contributed by atoms with Crippen LogP contribution in [0.5, 0.6) is 5.75 Å². The number of H-pyrrole nitrogens is 1. The first-order valence-corrected chi connectivity index (χ1v) is 9.94. The summed E-state index contributed by atoms with van der Waals surface area (Å²) in [6, 6.07) is 14.7. The Bertz CT molecular complexity index is 1010. The van der Waals surface area contributed by atoms with Crippen LogP contribution < -0.4 is 15.5 Å². The second kappa shape index (κ2) is 8.77. The normalized spacial score (nSPS) is 10.7. The molecule has 0 spiro atoms. The molecule has 0 radical (unpaired) electrons. The Kier molecular flexibility index (Phi) is 6.19. The standard InChI is InChI=1S/C21H22N2O3S/c1-3-26-20-7-5-4-6-18(20)23-21(25)13-27-12-15-11-19(24)16-10-14(2)8-9-17(16)22-15/h4-11H,3,12-13H2,1-2H3,(H,22,24)(H,23,25). The van der Waals surface area contributed by atoms with Crippen LogP contribution in [-0.4, -0.2) is 23.3 Å². The number of pyridine rings is 1. The third-order valence-corrected chi connectivity index (χ3v) is 4.97. The molecule has 1 aromatic heterocycles. The summed E-state index contributed by atoms with van der Waals surface area (Å²) in [6.45, 7) is 4.40. The maximum atomic E-state index is 12.3. The van der Waals surface area contributed by atoms with Gasteiger partial charge in [0.15, 0.2) is 5.43 Å². The Balaban J connectivity index is 1.60. The lowest BCUT2D eigenvalue weighted by molar-refractivity contribution is -0.113. The van der Waals surface area contributed by atoms with Gasteiger partial charge in [0.2, 0.25) is 5.91 Å². The largest absolute Gasteiger partial charge is 0.492 e. The van der Waals surface area contributed by atoms with E-state index in [4.69, 9.17) is 4.74 Å². The van der Waals surface area contributed by atoms with Crippen molar-refractivity contribution in [3.05, 3.63) is 70.0 Å². The quantitative estimate of drug-likeness (QED) is 0.645. The Hall–Kier alpha value is -2.73. The van der Waals surface area contributed by atoms with Gasteiger partial charge in [-0.05, 0) is 38.1 Å². The number of aryl methyl sites for hydroxylation is 1. The minimum absolute atomic E-state index is 0.00172. The summed E-state index contributed by atoms with van der Waals surface area (Å²) >= 11 is 1.45. The number of carbonyl (C=O) groups is 1. The molecule has 140 valence electrons. The number of carbonyl (C=O) groups excluding carboxylic acids is 1. The third kappa shape index (κ3) is 4.92. The summed E-state index contributed by atoms with van der Waals surface area (Å²) < 4.78 is 5.51. The fraction of sp³-hybridized carbons (Fsp3) is 0.238. The molecule has 6 heteroatoms. The molecular formula is C21H22N2O3S. The smallest absolute Gasteiger partial charge is 0.234 e. The van der Waals surface area contributed by atoms with Gasteiger partial charge in [0.25, 0.3) is 0 Å². The van der Waals surface area contributed by atoms with Crippen LogP contribution in [-0.2, 0) is 10.5 Å². The Labute approximate surface area is 162 Å². The molecule has 0 saturated carbocycles. The summed E-state index contributed by atoms with van der Waals surface area (Å²) in [7, 11) is 0. The zero-order chi connectivity index (χ0) is 19.2. The molecule has 1 heterocycles. The molecule has 0 saturated heterocycles. The number of aromatic amines is 1. The van der Waals surface area contributed by atoms with Crippen LogP contribution in [0.1, 0.15) is 18.2 Å². The van der Waals surface area contributed by atoms with E-state index in [1.807, 2.05) is 56.3 Å². The zero-order valence-corrected chi connectivity index (χ0v) is 16.2. The van der Waals surface area contributed by atoms with Crippen LogP contribution in [0, 0.1) is 6.92 Å². The molecule has 0 fully saturated rings. The zero-order valence-electron chi connectivity index (χ0n) is 15.4. The van der Waals surface area contributed by atoms with Gasteiger partial charge in [-0.3, -0.25) is 9.59 Å². The number of hydrogen-bond donors (Lipinski definition) is 2. The minimum atomic E-state index is -0.106. The van der Waals surface area contributed by atoms with Crippen molar-refractivity contribution in [2.45, 2.75) is 19.6 Å². The molecule has 0 bridgehead atoms. The fourth-order valence-corrected chi connectivity index (χ4v) is 3.52. The number of para-hydroxylation sites is 2. The van der Waals surface area contributed by atoms with Gasteiger partial charge in [0.1, 0.15) is 5.75 Å². The average molecular weight is 382 g/mol. The molecule has 2 N–H and O–H groups in total. The predicted octanol–water partition coefficient (Wildman–Crippen LogP) is 4.11. The van der Waals surface area contributed by atoms with Gasteiger partial charge in [-0.2, -0.15) is 0 Å². The number of hydrogen-bond acceptors (Lipinski definition) is 4. The highest BCUT2D eigenvalue weighted by atomic mass is 32.2. The van der Waals surface area contributed by atoms with Crippen molar-refractivity contribution in [1.29, 1.82) is 0 Å². The molecule has 0 aliphatic heterocycles. The van der Waals surface area contributed by atoms with Crippen molar-refractivity contribution >= 4 is 34.3 Å². The Morgan fingerprint density at radius 2 is 2.00 bits per heavy atom. The maximum Gasteiger partial charge on any atom is 0.234 e. The highest BCUT2D eigenvalue weighted by Gasteiger charge is 2.08. The highest BCUT2D eigenvalue weighted by Crippen LogP contribution is 2.24. The molecule has 3 aromatic rings. The summed E-state index contributed by atoms with van der Waals surface area (Å²) in [5, 5.41) is 3.56. The summed E-state index contributed by atoms with van der Waals surface area (Å²) in [5.41, 5.74) is 3.35. The highest BCUT2D eigenvalue weighted by molar-refractivity contribution is 7.99. The number of benzene rings is 2. The molecule has 0 unspecified atom stereocenters. The molecule has 0 aliphatic rings. The van der Waals surface area contributed by atoms with Crippen molar-refractivity contribution in [2.75, 3.05) is 17.7 Å². The second-order valence-corrected chi connectivity index (χ2v) is 7.16. The van der Waals surface area contributed by atoms with E-state index in [0.717, 1.165) is 16.8 Å². The van der Waals surface area contributed by atoms with Crippen molar-refractivity contribution in [3.8, 4) is 5.75 Å². The number of nitrogens with one attached hydrogen (secondary N) is 2. The molecule has 2 aromatic carbocycles. The van der Waals surface area contributed by atoms with Gasteiger partial charge in [0.05, 0.1) is 18.0 Å². The lowest BCUT2D eigenvalue weighted by atomic mass is 10.1. The van der Waals surface area contributed by atoms with Gasteiger partial charge in [-0.1, -0.05) is 23.8 Å². The minimum Gasteiger partial charge on any atom is -0.492 e. The summed E-state index contributed by atoms with van der Waals surface area (Å²) in [4.78, 5) is 27.8. The summed E-state index contributed by atoms with van der Waals surface area (Å²) in [5.74, 6) is 1.40. The monoisotopic (exact) mass is 382 g/mol. The van der Waals surface area contributed by atoms with Crippen LogP contribution >= 0.6 is 11.8 Å². The number of aromatic nitrogens is 1. The molecule has 3 rings (SSSR count). The first-order chi connectivity index (χ1) is 13.1. The van der Waals surface area contributed by atoms with E-state index in [1.54, 1.807) is 6.07 Å². The number of amides is 1. The third-order valence-electron chi connectivity index (χ3n) is 3.99. The molecule has 1 amide bonds. The van der Waals surface area contributed by atoms with Crippen LogP contribution in [0.2, 0.25) is 0 Å². The number of fused-ring (bicyclic) bond motifs is 1. The van der Waals surface area contributed by atoms with Crippen LogP contribution in [0.25, 0.3) is 10.9 Å². The van der Waals surface area contributed by atoms with Crippen LogP contribution in [0.4, 0.5) is 5.69 Å². The fourth-order valence-electron chi connectivity index (χ4n) is 2.79. The van der Waals surface area contributed by atoms with Crippen LogP contribution in [0.15, 0.2) is 53.3 Å². The van der Waals surface area contributed by atoms with Gasteiger partial charge >= 0.3 is 0 Å². The number of ether oxygens (including phenoxy) is 1. The van der Waals surface area contributed by atoms with E-state index in [-0.39, 0.29) is 17.1 Å². The second-order valence-electron chi connectivity index (χ2n) is 6.18. The number of thioether (sulfide) groups is 1. The topological polar surface area (TPSA) is 71.2 Å². The lowest BCUT2D eigenvalue weighted by Gasteiger charge is -2.11. The summed E-state index contributed by atoms with van der Waals surface area (Å²) in [6.07, 6.45) is 0. The van der Waals surface area contributed by atoms with E-state index in [9.17, 15) is 9.59 Å². The lowest BCUT2D eigenvalue weighted by Crippen LogP contribution is -2.15. The van der Waals surface area contributed by atoms with Crippen molar-refractivity contribution in [3.63, 3.8) is 0 Å².